The maximum absolute atomic E-state index is 12.2. The molecule has 0 radical (unpaired) electrons. The van der Waals surface area contributed by atoms with Crippen LogP contribution in [-0.2, 0) is 21.2 Å². The summed E-state index contributed by atoms with van der Waals surface area (Å²) in [4.78, 5) is 11.7. The molecule has 0 aliphatic rings. The highest BCUT2D eigenvalue weighted by atomic mass is 79.9. The zero-order valence-electron chi connectivity index (χ0n) is 10.8. The number of hydrogen-bond acceptors (Lipinski definition) is 5. The smallest absolute Gasteiger partial charge is 0.264 e. The van der Waals surface area contributed by atoms with Gasteiger partial charge in [-0.2, -0.15) is 5.26 Å². The van der Waals surface area contributed by atoms with Gasteiger partial charge in [-0.15, -0.1) is 11.3 Å². The number of hydrogen-bond donors (Lipinski definition) is 1. The number of nitriles is 1. The molecule has 0 aliphatic carbocycles. The lowest BCUT2D eigenvalue weighted by Crippen LogP contribution is -2.31. The lowest BCUT2D eigenvalue weighted by molar-refractivity contribution is -0.118. The fourth-order valence-corrected chi connectivity index (χ4v) is 4.26. The van der Waals surface area contributed by atoms with E-state index in [1.807, 2.05) is 10.8 Å². The summed E-state index contributed by atoms with van der Waals surface area (Å²) in [6, 6.07) is 7.45. The first-order chi connectivity index (χ1) is 10.3. The molecule has 1 N–H and O–H groups in total. The molecule has 0 aliphatic heterocycles. The third kappa shape index (κ3) is 4.30. The molecule has 1 amide bonds. The Morgan fingerprint density at radius 2 is 2.09 bits per heavy atom. The first kappa shape index (κ1) is 17.0. The third-order valence-electron chi connectivity index (χ3n) is 2.55. The Hall–Kier alpha value is -1.40. The number of nitrogens with zero attached hydrogens (tertiary/aromatic N) is 1. The van der Waals surface area contributed by atoms with E-state index in [1.54, 1.807) is 11.4 Å². The Bertz CT molecular complexity index is 872. The van der Waals surface area contributed by atoms with Crippen molar-refractivity contribution in [3.63, 3.8) is 0 Å². The van der Waals surface area contributed by atoms with Gasteiger partial charge in [0.1, 0.15) is 0 Å². The third-order valence-corrected chi connectivity index (χ3v) is 5.50. The van der Waals surface area contributed by atoms with Gasteiger partial charge in [0.2, 0.25) is 5.91 Å². The lowest BCUT2D eigenvalue weighted by atomic mass is 10.2. The molecule has 2 rings (SSSR count). The lowest BCUT2D eigenvalue weighted by Gasteiger charge is -2.07. The molecule has 1 aromatic carbocycles. The number of nitrogens with one attached hydrogen (secondary N) is 1. The molecule has 0 unspecified atom stereocenters. The highest BCUT2D eigenvalue weighted by Gasteiger charge is 2.19. The van der Waals surface area contributed by atoms with Crippen LogP contribution in [0, 0.1) is 11.3 Å². The minimum absolute atomic E-state index is 0.0957. The topological polar surface area (TPSA) is 87.0 Å². The van der Waals surface area contributed by atoms with Gasteiger partial charge >= 0.3 is 0 Å². The van der Waals surface area contributed by atoms with E-state index in [1.165, 1.54) is 29.5 Å². The van der Waals surface area contributed by atoms with E-state index in [0.717, 1.165) is 0 Å². The second-order valence-corrected chi connectivity index (χ2v) is 8.39. The van der Waals surface area contributed by atoms with Gasteiger partial charge in [0.25, 0.3) is 10.0 Å². The Kier molecular flexibility index (Phi) is 5.24. The highest BCUT2D eigenvalue weighted by Crippen LogP contribution is 2.21. The van der Waals surface area contributed by atoms with Gasteiger partial charge < -0.3 is 0 Å². The van der Waals surface area contributed by atoms with Crippen LogP contribution in [0.2, 0.25) is 4.34 Å². The number of amides is 1. The Labute approximate surface area is 144 Å². The van der Waals surface area contributed by atoms with Crippen LogP contribution in [0.5, 0.6) is 0 Å². The monoisotopic (exact) mass is 418 g/mol. The van der Waals surface area contributed by atoms with Crippen molar-refractivity contribution in [1.82, 2.24) is 4.72 Å². The number of thiophene rings is 1. The number of sulfonamides is 1. The van der Waals surface area contributed by atoms with Crippen molar-refractivity contribution in [2.24, 2.45) is 0 Å². The van der Waals surface area contributed by atoms with Crippen molar-refractivity contribution in [2.45, 2.75) is 11.3 Å². The molecular weight excluding hydrogens is 412 g/mol. The van der Waals surface area contributed by atoms with Gasteiger partial charge in [0.05, 0.1) is 27.3 Å². The van der Waals surface area contributed by atoms with Crippen molar-refractivity contribution in [1.29, 1.82) is 5.26 Å². The van der Waals surface area contributed by atoms with E-state index in [0.29, 0.717) is 14.4 Å². The molecule has 0 saturated heterocycles. The van der Waals surface area contributed by atoms with Gasteiger partial charge in [-0.05, 0) is 35.2 Å². The molecule has 22 heavy (non-hydrogen) atoms. The Morgan fingerprint density at radius 3 is 2.68 bits per heavy atom. The first-order valence-electron chi connectivity index (χ1n) is 5.79. The van der Waals surface area contributed by atoms with Gasteiger partial charge in [-0.3, -0.25) is 4.79 Å². The molecule has 114 valence electrons. The average molecular weight is 420 g/mol. The van der Waals surface area contributed by atoms with Crippen LogP contribution in [0.1, 0.15) is 11.1 Å². The molecular formula is C13H8BrClN2O3S2. The summed E-state index contributed by atoms with van der Waals surface area (Å²) in [6.07, 6.45) is -0.0957. The van der Waals surface area contributed by atoms with Gasteiger partial charge in [0.15, 0.2) is 0 Å². The van der Waals surface area contributed by atoms with E-state index in [4.69, 9.17) is 16.9 Å². The molecule has 0 saturated carbocycles. The second-order valence-electron chi connectivity index (χ2n) is 4.25. The van der Waals surface area contributed by atoms with Crippen LogP contribution >= 0.6 is 38.9 Å². The van der Waals surface area contributed by atoms with Crippen molar-refractivity contribution < 1.29 is 13.2 Å². The highest BCUT2D eigenvalue weighted by molar-refractivity contribution is 9.10. The maximum atomic E-state index is 12.2. The summed E-state index contributed by atoms with van der Waals surface area (Å²) in [5.74, 6) is -0.673. The quantitative estimate of drug-likeness (QED) is 0.825. The summed E-state index contributed by atoms with van der Waals surface area (Å²) < 4.78 is 27.3. The molecule has 9 heteroatoms. The van der Waals surface area contributed by atoms with Crippen LogP contribution in [0.15, 0.2) is 39.0 Å². The van der Waals surface area contributed by atoms with E-state index < -0.39 is 15.9 Å². The largest absolute Gasteiger partial charge is 0.274 e. The van der Waals surface area contributed by atoms with Crippen LogP contribution in [0.25, 0.3) is 0 Å². The zero-order chi connectivity index (χ0) is 16.3. The predicted octanol–water partition coefficient (Wildman–Crippen LogP) is 3.08. The van der Waals surface area contributed by atoms with Crippen molar-refractivity contribution in [2.75, 3.05) is 0 Å². The van der Waals surface area contributed by atoms with Gasteiger partial charge in [-0.25, -0.2) is 13.1 Å². The van der Waals surface area contributed by atoms with Crippen LogP contribution < -0.4 is 4.72 Å². The molecule has 0 spiro atoms. The molecule has 5 nitrogen and oxygen atoms in total. The number of carbonyl (C=O) groups excluding carboxylic acids is 1. The number of rotatable bonds is 4. The summed E-state index contributed by atoms with van der Waals surface area (Å²) in [5.41, 5.74) is 0.807. The fourth-order valence-electron chi connectivity index (χ4n) is 1.65. The van der Waals surface area contributed by atoms with E-state index in [-0.39, 0.29) is 16.9 Å². The maximum Gasteiger partial charge on any atom is 0.264 e. The predicted molar refractivity (Wildman–Crippen MR) is 87.2 cm³/mol. The van der Waals surface area contributed by atoms with Crippen LogP contribution in [0.3, 0.4) is 0 Å². The summed E-state index contributed by atoms with van der Waals surface area (Å²) in [7, 11) is -4.04. The molecule has 1 aromatic heterocycles. The summed E-state index contributed by atoms with van der Waals surface area (Å²) >= 11 is 10.1. The minimum Gasteiger partial charge on any atom is -0.274 e. The summed E-state index contributed by atoms with van der Waals surface area (Å²) in [6.45, 7) is 0. The summed E-state index contributed by atoms with van der Waals surface area (Å²) in [5, 5.41) is 10.5. The van der Waals surface area contributed by atoms with Gasteiger partial charge in [0, 0.05) is 4.47 Å². The Morgan fingerprint density at radius 1 is 1.36 bits per heavy atom. The van der Waals surface area contributed by atoms with Crippen molar-refractivity contribution >= 4 is 54.8 Å². The number of carbonyl (C=O) groups is 1. The van der Waals surface area contributed by atoms with E-state index in [9.17, 15) is 13.2 Å². The van der Waals surface area contributed by atoms with E-state index in [2.05, 4.69) is 15.9 Å². The zero-order valence-corrected chi connectivity index (χ0v) is 14.8. The molecule has 0 bridgehead atoms. The fraction of sp³-hybridized carbons (Fsp3) is 0.0769. The van der Waals surface area contributed by atoms with Crippen molar-refractivity contribution in [3.05, 3.63) is 49.6 Å². The van der Waals surface area contributed by atoms with Gasteiger partial charge in [-0.1, -0.05) is 27.5 Å². The SMILES string of the molecule is N#Cc1cc(Br)cc(S(=O)(=O)NC(=O)Cc2csc(Cl)c2)c1. The average Bonchev–Trinajstić information content (AvgIpc) is 2.82. The van der Waals surface area contributed by atoms with Crippen LogP contribution in [-0.4, -0.2) is 14.3 Å². The minimum atomic E-state index is -4.04. The number of benzene rings is 1. The Balaban J connectivity index is 2.19. The molecule has 0 fully saturated rings. The van der Waals surface area contributed by atoms with Crippen molar-refractivity contribution in [3.8, 4) is 6.07 Å². The number of halogens is 2. The normalized spacial score (nSPS) is 11.0. The molecule has 0 atom stereocenters. The molecule has 1 heterocycles. The standard InChI is InChI=1S/C13H8BrClN2O3S2/c14-10-1-8(6-16)2-11(5-10)22(19,20)17-13(18)4-9-3-12(15)21-7-9/h1-3,5,7H,4H2,(H,17,18). The second kappa shape index (κ2) is 6.79. The first-order valence-corrected chi connectivity index (χ1v) is 9.33. The van der Waals surface area contributed by atoms with E-state index >= 15 is 0 Å². The van der Waals surface area contributed by atoms with Crippen LogP contribution in [0.4, 0.5) is 0 Å². The molecule has 2 aromatic rings.